The highest BCUT2D eigenvalue weighted by Crippen LogP contribution is 2.34. The zero-order valence-electron chi connectivity index (χ0n) is 12.8. The van der Waals surface area contributed by atoms with Crippen LogP contribution < -0.4 is 20.1 Å². The Balaban J connectivity index is 1.70. The molecule has 0 unspecified atom stereocenters. The molecule has 0 aromatic heterocycles. The van der Waals surface area contributed by atoms with Crippen LogP contribution in [-0.4, -0.2) is 17.8 Å². The first kappa shape index (κ1) is 18.3. The molecule has 136 valence electrons. The number of carbonyl (C=O) groups is 1. The van der Waals surface area contributed by atoms with Crippen LogP contribution in [0.5, 0.6) is 11.5 Å². The molecule has 3 rings (SSSR count). The van der Waals surface area contributed by atoms with Gasteiger partial charge in [0, 0.05) is 5.56 Å². The largest absolute Gasteiger partial charge is 0.454 e. The van der Waals surface area contributed by atoms with Crippen LogP contribution in [0.15, 0.2) is 36.4 Å². The molecule has 0 bridgehead atoms. The van der Waals surface area contributed by atoms with Crippen LogP contribution in [0.3, 0.4) is 0 Å². The minimum absolute atomic E-state index is 0.0256. The van der Waals surface area contributed by atoms with Crippen LogP contribution in [0.1, 0.15) is 15.9 Å². The first-order valence-electron chi connectivity index (χ1n) is 7.13. The van der Waals surface area contributed by atoms with E-state index < -0.39 is 17.6 Å². The van der Waals surface area contributed by atoms with Gasteiger partial charge in [0.05, 0.1) is 16.3 Å². The van der Waals surface area contributed by atoms with Gasteiger partial charge in [0.15, 0.2) is 16.6 Å². The van der Waals surface area contributed by atoms with Crippen molar-refractivity contribution in [2.45, 2.75) is 6.18 Å². The predicted molar refractivity (Wildman–Crippen MR) is 92.7 cm³/mol. The van der Waals surface area contributed by atoms with Crippen molar-refractivity contribution in [3.05, 3.63) is 52.5 Å². The van der Waals surface area contributed by atoms with Gasteiger partial charge in [0.2, 0.25) is 6.79 Å². The number of ether oxygens (including phenoxy) is 2. The van der Waals surface area contributed by atoms with Crippen molar-refractivity contribution in [2.24, 2.45) is 0 Å². The SMILES string of the molecule is O=C(NC(=S)Nc1cc(C(F)(F)F)ccc1Cl)c1ccc2c(c1)OCO2. The molecule has 1 aliphatic heterocycles. The van der Waals surface area contributed by atoms with Gasteiger partial charge in [-0.15, -0.1) is 0 Å². The number of anilines is 1. The third kappa shape index (κ3) is 4.00. The van der Waals surface area contributed by atoms with Gasteiger partial charge in [0.25, 0.3) is 5.91 Å². The average molecular weight is 403 g/mol. The summed E-state index contributed by atoms with van der Waals surface area (Å²) in [5.41, 5.74) is -0.722. The number of hydrogen-bond acceptors (Lipinski definition) is 4. The number of nitrogens with one attached hydrogen (secondary N) is 2. The second kappa shape index (κ2) is 7.00. The van der Waals surface area contributed by atoms with Crippen molar-refractivity contribution in [3.63, 3.8) is 0 Å². The second-order valence-electron chi connectivity index (χ2n) is 5.17. The Hall–Kier alpha value is -2.52. The summed E-state index contributed by atoms with van der Waals surface area (Å²) in [6, 6.07) is 7.29. The van der Waals surface area contributed by atoms with Crippen LogP contribution in [0, 0.1) is 0 Å². The number of rotatable bonds is 2. The first-order valence-corrected chi connectivity index (χ1v) is 7.91. The van der Waals surface area contributed by atoms with Gasteiger partial charge in [-0.3, -0.25) is 10.1 Å². The average Bonchev–Trinajstić information content (AvgIpc) is 3.03. The van der Waals surface area contributed by atoms with E-state index in [2.05, 4.69) is 10.6 Å². The Morgan fingerprint density at radius 1 is 1.12 bits per heavy atom. The van der Waals surface area contributed by atoms with Gasteiger partial charge >= 0.3 is 6.18 Å². The highest BCUT2D eigenvalue weighted by Gasteiger charge is 2.31. The molecule has 0 aliphatic carbocycles. The number of benzene rings is 2. The molecule has 2 aromatic rings. The molecular formula is C16H10ClF3N2O3S. The molecule has 0 saturated heterocycles. The summed E-state index contributed by atoms with van der Waals surface area (Å²) in [6.07, 6.45) is -4.53. The lowest BCUT2D eigenvalue weighted by Gasteiger charge is -2.13. The Labute approximate surface area is 156 Å². The quantitative estimate of drug-likeness (QED) is 0.737. The molecule has 26 heavy (non-hydrogen) atoms. The third-order valence-electron chi connectivity index (χ3n) is 3.40. The summed E-state index contributed by atoms with van der Waals surface area (Å²) in [5, 5.41) is 4.68. The number of alkyl halides is 3. The molecular weight excluding hydrogens is 393 g/mol. The second-order valence-corrected chi connectivity index (χ2v) is 5.98. The van der Waals surface area contributed by atoms with E-state index in [9.17, 15) is 18.0 Å². The topological polar surface area (TPSA) is 59.6 Å². The fourth-order valence-corrected chi connectivity index (χ4v) is 2.53. The molecule has 0 radical (unpaired) electrons. The Bertz CT molecular complexity index is 890. The van der Waals surface area contributed by atoms with E-state index in [0.717, 1.165) is 18.2 Å². The summed E-state index contributed by atoms with van der Waals surface area (Å²) in [6.45, 7) is 0.0639. The van der Waals surface area contributed by atoms with Crippen LogP contribution >= 0.6 is 23.8 Å². The van der Waals surface area contributed by atoms with Crippen LogP contribution in [0.2, 0.25) is 5.02 Å². The van der Waals surface area contributed by atoms with Gasteiger partial charge in [-0.25, -0.2) is 0 Å². The maximum absolute atomic E-state index is 12.8. The van der Waals surface area contributed by atoms with Crippen molar-refractivity contribution < 1.29 is 27.4 Å². The van der Waals surface area contributed by atoms with Crippen LogP contribution in [0.25, 0.3) is 0 Å². The Morgan fingerprint density at radius 2 is 1.85 bits per heavy atom. The maximum atomic E-state index is 12.8. The standard InChI is InChI=1S/C16H10ClF3N2O3S/c17-10-3-2-9(16(18,19)20)6-11(10)21-15(26)22-14(23)8-1-4-12-13(5-8)25-7-24-12/h1-6H,7H2,(H2,21,22,23,26). The highest BCUT2D eigenvalue weighted by atomic mass is 35.5. The molecule has 1 aliphatic rings. The van der Waals surface area contributed by atoms with Crippen molar-refractivity contribution in [1.82, 2.24) is 5.32 Å². The summed E-state index contributed by atoms with van der Waals surface area (Å²) in [4.78, 5) is 12.2. The van der Waals surface area contributed by atoms with Crippen molar-refractivity contribution in [3.8, 4) is 11.5 Å². The van der Waals surface area contributed by atoms with E-state index in [1.807, 2.05) is 0 Å². The van der Waals surface area contributed by atoms with E-state index in [-0.39, 0.29) is 28.2 Å². The van der Waals surface area contributed by atoms with E-state index in [1.54, 1.807) is 6.07 Å². The summed E-state index contributed by atoms with van der Waals surface area (Å²) in [5.74, 6) is 0.361. The van der Waals surface area contributed by atoms with E-state index >= 15 is 0 Å². The minimum Gasteiger partial charge on any atom is -0.454 e. The zero-order valence-corrected chi connectivity index (χ0v) is 14.4. The van der Waals surface area contributed by atoms with E-state index in [0.29, 0.717) is 11.5 Å². The lowest BCUT2D eigenvalue weighted by atomic mass is 10.2. The monoisotopic (exact) mass is 402 g/mol. The van der Waals surface area contributed by atoms with Crippen LogP contribution in [0.4, 0.5) is 18.9 Å². The molecule has 2 aromatic carbocycles. The molecule has 1 amide bonds. The predicted octanol–water partition coefficient (Wildman–Crippen LogP) is 4.21. The van der Waals surface area contributed by atoms with Crippen molar-refractivity contribution in [1.29, 1.82) is 0 Å². The Kier molecular flexibility index (Phi) is 4.92. The summed E-state index contributed by atoms with van der Waals surface area (Å²) < 4.78 is 48.7. The first-order chi connectivity index (χ1) is 12.2. The van der Waals surface area contributed by atoms with Crippen LogP contribution in [-0.2, 0) is 6.18 Å². The minimum atomic E-state index is -4.53. The van der Waals surface area contributed by atoms with Gasteiger partial charge in [-0.1, -0.05) is 11.6 Å². The number of carbonyl (C=O) groups excluding carboxylic acids is 1. The lowest BCUT2D eigenvalue weighted by Crippen LogP contribution is -2.34. The Morgan fingerprint density at radius 3 is 2.58 bits per heavy atom. The molecule has 1 heterocycles. The van der Waals surface area contributed by atoms with Gasteiger partial charge in [0.1, 0.15) is 0 Å². The normalized spacial score (nSPS) is 12.6. The fourth-order valence-electron chi connectivity index (χ4n) is 2.16. The van der Waals surface area contributed by atoms with Gasteiger partial charge < -0.3 is 14.8 Å². The molecule has 0 spiro atoms. The molecule has 0 atom stereocenters. The summed E-state index contributed by atoms with van der Waals surface area (Å²) >= 11 is 10.8. The van der Waals surface area contributed by atoms with Gasteiger partial charge in [-0.05, 0) is 48.6 Å². The van der Waals surface area contributed by atoms with Crippen molar-refractivity contribution >= 4 is 40.5 Å². The number of halogens is 4. The number of fused-ring (bicyclic) bond motifs is 1. The lowest BCUT2D eigenvalue weighted by molar-refractivity contribution is -0.137. The zero-order chi connectivity index (χ0) is 18.9. The highest BCUT2D eigenvalue weighted by molar-refractivity contribution is 7.80. The van der Waals surface area contributed by atoms with Crippen molar-refractivity contribution in [2.75, 3.05) is 12.1 Å². The fraction of sp³-hybridized carbons (Fsp3) is 0.125. The number of amides is 1. The number of thiocarbonyl (C=S) groups is 1. The molecule has 10 heteroatoms. The molecule has 2 N–H and O–H groups in total. The number of hydrogen-bond donors (Lipinski definition) is 2. The third-order valence-corrected chi connectivity index (χ3v) is 3.94. The van der Waals surface area contributed by atoms with E-state index in [1.165, 1.54) is 12.1 Å². The smallest absolute Gasteiger partial charge is 0.416 e. The van der Waals surface area contributed by atoms with Gasteiger partial charge in [-0.2, -0.15) is 13.2 Å². The molecule has 0 fully saturated rings. The maximum Gasteiger partial charge on any atom is 0.416 e. The molecule has 0 saturated carbocycles. The summed E-state index contributed by atoms with van der Waals surface area (Å²) in [7, 11) is 0. The van der Waals surface area contributed by atoms with E-state index in [4.69, 9.17) is 33.3 Å². The molecule has 5 nitrogen and oxygen atoms in total.